The Hall–Kier alpha value is -4.15. The summed E-state index contributed by atoms with van der Waals surface area (Å²) in [5, 5.41) is 4.31. The number of ether oxygens (including phenoxy) is 1. The van der Waals surface area contributed by atoms with Crippen molar-refractivity contribution < 1.29 is 22.7 Å². The topological polar surface area (TPSA) is 76.4 Å². The van der Waals surface area contributed by atoms with Crippen molar-refractivity contribution in [2.75, 3.05) is 37.0 Å². The predicted molar refractivity (Wildman–Crippen MR) is 124 cm³/mol. The maximum absolute atomic E-state index is 13.7. The van der Waals surface area contributed by atoms with E-state index in [1.807, 2.05) is 36.2 Å². The number of halogens is 3. The minimum Gasteiger partial charge on any atom is -0.493 e. The van der Waals surface area contributed by atoms with Crippen LogP contribution in [0.3, 0.4) is 0 Å². The van der Waals surface area contributed by atoms with Crippen LogP contribution in [0.15, 0.2) is 54.7 Å². The summed E-state index contributed by atoms with van der Waals surface area (Å²) in [7, 11) is 3.26. The highest BCUT2D eigenvalue weighted by molar-refractivity contribution is 6.08. The zero-order valence-electron chi connectivity index (χ0n) is 19.0. The van der Waals surface area contributed by atoms with Gasteiger partial charge in [0.1, 0.15) is 0 Å². The summed E-state index contributed by atoms with van der Waals surface area (Å²) >= 11 is 0. The van der Waals surface area contributed by atoms with Crippen molar-refractivity contribution >= 4 is 28.6 Å². The summed E-state index contributed by atoms with van der Waals surface area (Å²) in [6.45, 7) is 1.03. The number of rotatable bonds is 3. The first-order chi connectivity index (χ1) is 16.8. The molecule has 2 aromatic carbocycles. The van der Waals surface area contributed by atoms with E-state index in [0.29, 0.717) is 42.2 Å². The molecular weight excluding hydrogens is 461 g/mol. The van der Waals surface area contributed by atoms with Crippen molar-refractivity contribution in [3.05, 3.63) is 66.0 Å². The van der Waals surface area contributed by atoms with Crippen molar-refractivity contribution in [3.63, 3.8) is 0 Å². The summed E-state index contributed by atoms with van der Waals surface area (Å²) < 4.78 is 46.2. The molecule has 11 heteroatoms. The van der Waals surface area contributed by atoms with E-state index in [1.54, 1.807) is 0 Å². The van der Waals surface area contributed by atoms with E-state index in [2.05, 4.69) is 5.10 Å². The first kappa shape index (κ1) is 22.6. The Bertz CT molecular complexity index is 1420. The molecule has 0 saturated carbocycles. The van der Waals surface area contributed by atoms with Crippen LogP contribution in [-0.4, -0.2) is 52.9 Å². The molecule has 1 aliphatic heterocycles. The Morgan fingerprint density at radius 2 is 1.71 bits per heavy atom. The summed E-state index contributed by atoms with van der Waals surface area (Å²) in [5.41, 5.74) is 0.651. The third kappa shape index (κ3) is 4.13. The van der Waals surface area contributed by atoms with Gasteiger partial charge in [-0.2, -0.15) is 18.3 Å². The number of hydrogen-bond acceptors (Lipinski definition) is 6. The van der Waals surface area contributed by atoms with Crippen LogP contribution in [0.25, 0.3) is 16.7 Å². The summed E-state index contributed by atoms with van der Waals surface area (Å²) in [5.74, 6) is 0.615. The number of methoxy groups -OCH3 is 1. The number of benzene rings is 2. The number of nitrogens with zero attached hydrogens (tertiary/aromatic N) is 6. The van der Waals surface area contributed by atoms with Crippen LogP contribution >= 0.6 is 0 Å². The van der Waals surface area contributed by atoms with E-state index in [1.165, 1.54) is 35.0 Å². The van der Waals surface area contributed by atoms with Gasteiger partial charge in [-0.05, 0) is 36.8 Å². The molecule has 180 valence electrons. The van der Waals surface area contributed by atoms with Gasteiger partial charge >= 0.3 is 6.18 Å². The first-order valence-electron chi connectivity index (χ1n) is 10.9. The molecule has 0 N–H and O–H groups in total. The van der Waals surface area contributed by atoms with Crippen LogP contribution in [0, 0.1) is 0 Å². The van der Waals surface area contributed by atoms with Crippen LogP contribution in [0.2, 0.25) is 0 Å². The molecule has 35 heavy (non-hydrogen) atoms. The van der Waals surface area contributed by atoms with Gasteiger partial charge in [0.25, 0.3) is 5.91 Å². The second kappa shape index (κ2) is 8.57. The van der Waals surface area contributed by atoms with Crippen molar-refractivity contribution in [1.82, 2.24) is 19.7 Å². The van der Waals surface area contributed by atoms with Crippen LogP contribution in [-0.2, 0) is 6.18 Å². The van der Waals surface area contributed by atoms with Gasteiger partial charge in [-0.1, -0.05) is 18.2 Å². The monoisotopic (exact) mass is 482 g/mol. The second-order valence-corrected chi connectivity index (χ2v) is 8.13. The molecule has 0 radical (unpaired) electrons. The van der Waals surface area contributed by atoms with Crippen LogP contribution in [0.1, 0.15) is 22.5 Å². The number of carbonyl (C=O) groups is 1. The lowest BCUT2D eigenvalue weighted by Gasteiger charge is -2.22. The van der Waals surface area contributed by atoms with Crippen molar-refractivity contribution in [3.8, 4) is 11.4 Å². The van der Waals surface area contributed by atoms with E-state index in [4.69, 9.17) is 14.7 Å². The summed E-state index contributed by atoms with van der Waals surface area (Å²) in [4.78, 5) is 26.6. The first-order valence-corrected chi connectivity index (χ1v) is 10.9. The molecule has 0 unspecified atom stereocenters. The average molecular weight is 482 g/mol. The number of para-hydroxylation sites is 2. The largest absolute Gasteiger partial charge is 0.493 e. The fourth-order valence-electron chi connectivity index (χ4n) is 4.03. The molecule has 0 aliphatic carbocycles. The van der Waals surface area contributed by atoms with E-state index in [-0.39, 0.29) is 17.1 Å². The van der Waals surface area contributed by atoms with Crippen LogP contribution < -0.4 is 14.5 Å². The zero-order valence-corrected chi connectivity index (χ0v) is 19.0. The smallest absolute Gasteiger partial charge is 0.416 e. The minimum atomic E-state index is -4.50. The zero-order chi connectivity index (χ0) is 24.7. The number of aromatic nitrogens is 4. The van der Waals surface area contributed by atoms with Gasteiger partial charge in [-0.15, -0.1) is 0 Å². The number of alkyl halides is 3. The van der Waals surface area contributed by atoms with Gasteiger partial charge in [0.05, 0.1) is 35.6 Å². The molecule has 4 aromatic rings. The van der Waals surface area contributed by atoms with Gasteiger partial charge in [-0.25, -0.2) is 14.6 Å². The highest BCUT2D eigenvalue weighted by Gasteiger charge is 2.33. The number of anilines is 2. The lowest BCUT2D eigenvalue weighted by molar-refractivity contribution is -0.137. The van der Waals surface area contributed by atoms with Crippen LogP contribution in [0.5, 0.6) is 5.75 Å². The Labute approximate surface area is 198 Å². The minimum absolute atomic E-state index is 0.0321. The van der Waals surface area contributed by atoms with E-state index >= 15 is 0 Å². The lowest BCUT2D eigenvalue weighted by Crippen LogP contribution is -2.33. The van der Waals surface area contributed by atoms with E-state index in [9.17, 15) is 18.0 Å². The van der Waals surface area contributed by atoms with Gasteiger partial charge in [-0.3, -0.25) is 9.69 Å². The highest BCUT2D eigenvalue weighted by Crippen LogP contribution is 2.33. The quantitative estimate of drug-likeness (QED) is 0.433. The van der Waals surface area contributed by atoms with Gasteiger partial charge in [0, 0.05) is 20.1 Å². The third-order valence-corrected chi connectivity index (χ3v) is 5.81. The Balaban J connectivity index is 1.58. The molecule has 0 fully saturated rings. The molecule has 8 nitrogen and oxygen atoms in total. The third-order valence-electron chi connectivity index (χ3n) is 5.81. The van der Waals surface area contributed by atoms with Gasteiger partial charge in [0.15, 0.2) is 23.1 Å². The Morgan fingerprint density at radius 3 is 2.40 bits per heavy atom. The number of hydrogen-bond donors (Lipinski definition) is 0. The molecular formula is C24H21F3N6O2. The van der Waals surface area contributed by atoms with Gasteiger partial charge in [0.2, 0.25) is 0 Å². The maximum atomic E-state index is 13.7. The normalized spacial score (nSPS) is 14.1. The number of amides is 1. The molecule has 1 amide bonds. The lowest BCUT2D eigenvalue weighted by atomic mass is 10.2. The highest BCUT2D eigenvalue weighted by atomic mass is 19.4. The van der Waals surface area contributed by atoms with Gasteiger partial charge < -0.3 is 9.64 Å². The van der Waals surface area contributed by atoms with Crippen LogP contribution in [0.4, 0.5) is 24.8 Å². The standard InChI is InChI=1S/C24H21F3N6O2/c1-31-11-6-12-32(22-21(31)28-17-9-3-4-10-18(17)29-22)23(34)20-19(35-2)14-33(30-20)16-8-5-7-15(13-16)24(25,26)27/h3-5,7-10,13-14H,6,11-12H2,1-2H3. The molecule has 1 aliphatic rings. The molecule has 3 heterocycles. The summed E-state index contributed by atoms with van der Waals surface area (Å²) in [6, 6.07) is 12.1. The van der Waals surface area contributed by atoms with Crippen molar-refractivity contribution in [2.45, 2.75) is 12.6 Å². The molecule has 2 aromatic heterocycles. The predicted octanol–water partition coefficient (Wildman–Crippen LogP) is 4.33. The van der Waals surface area contributed by atoms with Crippen molar-refractivity contribution in [2.24, 2.45) is 0 Å². The molecule has 0 atom stereocenters. The fourth-order valence-corrected chi connectivity index (χ4v) is 4.03. The maximum Gasteiger partial charge on any atom is 0.416 e. The van der Waals surface area contributed by atoms with Crippen molar-refractivity contribution in [1.29, 1.82) is 0 Å². The molecule has 0 saturated heterocycles. The average Bonchev–Trinajstić information content (AvgIpc) is 3.23. The van der Waals surface area contributed by atoms with E-state index in [0.717, 1.165) is 12.1 Å². The Morgan fingerprint density at radius 1 is 1.00 bits per heavy atom. The SMILES string of the molecule is COc1cn(-c2cccc(C(F)(F)F)c2)nc1C(=O)N1CCCN(C)c2nc3ccccc3nc21. The number of fused-ring (bicyclic) bond motifs is 2. The Kier molecular flexibility index (Phi) is 5.54. The molecule has 5 rings (SSSR count). The second-order valence-electron chi connectivity index (χ2n) is 8.13. The fraction of sp³-hybridized carbons (Fsp3) is 0.250. The summed E-state index contributed by atoms with van der Waals surface area (Å²) in [6.07, 6.45) is -2.46. The number of carbonyl (C=O) groups excluding carboxylic acids is 1. The van der Waals surface area contributed by atoms with E-state index < -0.39 is 17.6 Å². The molecule has 0 bridgehead atoms. The molecule has 0 spiro atoms.